The van der Waals surface area contributed by atoms with Crippen LogP contribution in [-0.2, 0) is 10.8 Å². The highest BCUT2D eigenvalue weighted by Gasteiger charge is 2.22. The summed E-state index contributed by atoms with van der Waals surface area (Å²) >= 11 is 0. The number of hydrogen-bond acceptors (Lipinski definition) is 0. The van der Waals surface area contributed by atoms with Crippen molar-refractivity contribution < 1.29 is 0 Å². The summed E-state index contributed by atoms with van der Waals surface area (Å²) in [7, 11) is 0. The van der Waals surface area contributed by atoms with Gasteiger partial charge in [-0.3, -0.25) is 0 Å². The Morgan fingerprint density at radius 1 is 0.323 bits per heavy atom. The molecule has 0 aromatic heterocycles. The third-order valence-electron chi connectivity index (χ3n) is 13.5. The fourth-order valence-electron chi connectivity index (χ4n) is 7.50. The van der Waals surface area contributed by atoms with Crippen molar-refractivity contribution >= 4 is 0 Å². The second-order valence-corrected chi connectivity index (χ2v) is 20.5. The first-order chi connectivity index (χ1) is 30.9. The van der Waals surface area contributed by atoms with Crippen LogP contribution in [0.1, 0.15) is 166 Å². The van der Waals surface area contributed by atoms with E-state index >= 15 is 0 Å². The summed E-state index contributed by atoms with van der Waals surface area (Å²) in [5.41, 5.74) is 10.9. The van der Waals surface area contributed by atoms with Gasteiger partial charge in [0.05, 0.1) is 0 Å². The van der Waals surface area contributed by atoms with Crippen molar-refractivity contribution in [3.63, 3.8) is 0 Å². The predicted octanol–water partition coefficient (Wildman–Crippen LogP) is 19.3. The second-order valence-electron chi connectivity index (χ2n) is 20.5. The molecule has 0 aliphatic heterocycles. The van der Waals surface area contributed by atoms with E-state index in [2.05, 4.69) is 309 Å². The normalized spacial score (nSPS) is 13.0. The van der Waals surface area contributed by atoms with Gasteiger partial charge in [-0.15, -0.1) is 0 Å². The van der Waals surface area contributed by atoms with E-state index in [1.54, 1.807) is 0 Å². The molecule has 0 amide bonds. The van der Waals surface area contributed by atoms with Crippen LogP contribution in [-0.4, -0.2) is 0 Å². The SMILES string of the molecule is CC(C)(C)c1ccccc1.CC(c1ccccc1)C(C)(C)C.CC(c1ccccc1)C(C)C(C)c1ccccc1.CC(c1ccccc1)c1ccccc1.CCC(C)(C)c1ccccc1. The topological polar surface area (TPSA) is 0 Å². The van der Waals surface area contributed by atoms with Gasteiger partial charge in [0.15, 0.2) is 0 Å². The lowest BCUT2D eigenvalue weighted by molar-refractivity contribution is 0.339. The first-order valence-electron chi connectivity index (χ1n) is 24.2. The molecule has 0 aliphatic rings. The van der Waals surface area contributed by atoms with E-state index in [0.29, 0.717) is 45.8 Å². The molecular weight excluding hydrogens is 781 g/mol. The van der Waals surface area contributed by atoms with Gasteiger partial charge in [-0.05, 0) is 85.3 Å². The number of hydrogen-bond donors (Lipinski definition) is 0. The molecule has 0 radical (unpaired) electrons. The van der Waals surface area contributed by atoms with Crippen molar-refractivity contribution in [1.82, 2.24) is 0 Å². The minimum atomic E-state index is 0.293. The zero-order valence-electron chi connectivity index (χ0n) is 42.8. The van der Waals surface area contributed by atoms with Gasteiger partial charge < -0.3 is 0 Å². The third kappa shape index (κ3) is 18.9. The van der Waals surface area contributed by atoms with Crippen molar-refractivity contribution in [2.45, 2.75) is 138 Å². The van der Waals surface area contributed by atoms with Gasteiger partial charge in [-0.2, -0.15) is 0 Å². The summed E-state index contributed by atoms with van der Waals surface area (Å²) in [5, 5.41) is 0. The summed E-state index contributed by atoms with van der Waals surface area (Å²) in [4.78, 5) is 0. The lowest BCUT2D eigenvalue weighted by Crippen LogP contribution is -2.14. The Hall–Kier alpha value is -5.46. The molecule has 0 heterocycles. The van der Waals surface area contributed by atoms with Crippen molar-refractivity contribution in [1.29, 1.82) is 0 Å². The second kappa shape index (κ2) is 27.1. The van der Waals surface area contributed by atoms with Crippen LogP contribution in [0.3, 0.4) is 0 Å². The zero-order valence-corrected chi connectivity index (χ0v) is 42.8. The summed E-state index contributed by atoms with van der Waals surface area (Å²) in [6, 6.07) is 74.7. The molecule has 0 saturated carbocycles. The fraction of sp³-hybridized carbons (Fsp3) is 0.354. The molecule has 0 spiro atoms. The summed E-state index contributed by atoms with van der Waals surface area (Å²) in [5.74, 6) is 2.91. The average Bonchev–Trinajstić information content (AvgIpc) is 3.35. The van der Waals surface area contributed by atoms with E-state index in [-0.39, 0.29) is 0 Å². The van der Waals surface area contributed by atoms with Crippen LogP contribution in [0.4, 0.5) is 0 Å². The molecule has 0 bridgehead atoms. The molecule has 0 nitrogen and oxygen atoms in total. The molecular formula is C65H84. The molecule has 65 heavy (non-hydrogen) atoms. The Morgan fingerprint density at radius 2 is 0.585 bits per heavy atom. The molecule has 7 aromatic rings. The molecule has 344 valence electrons. The van der Waals surface area contributed by atoms with E-state index < -0.39 is 0 Å². The van der Waals surface area contributed by atoms with Crippen LogP contribution in [0.5, 0.6) is 0 Å². The molecule has 0 aliphatic carbocycles. The Labute approximate surface area is 398 Å². The Morgan fingerprint density at radius 3 is 0.846 bits per heavy atom. The standard InChI is InChI=1S/C18H22.C14H14.C12H18.C11H16.C10H14/c1-14(15(2)17-10-6-4-7-11-17)16(3)18-12-8-5-9-13-18;1-12(13-8-4-2-5-9-13)14-10-6-3-7-11-14;1-10(12(2,3)4)11-8-6-5-7-9-11;1-4-11(2,3)10-8-6-5-7-9-10;1-10(2,3)9-7-5-4-6-8-9/h4-16H,1-3H3;2-12H,1H3;5-10H,1-4H3;5-9H,4H2,1-3H3;4-8H,1-3H3. The van der Waals surface area contributed by atoms with Gasteiger partial charge >= 0.3 is 0 Å². The molecule has 3 unspecified atom stereocenters. The van der Waals surface area contributed by atoms with Crippen molar-refractivity contribution in [3.05, 3.63) is 251 Å². The van der Waals surface area contributed by atoms with E-state index in [1.165, 1.54) is 45.4 Å². The van der Waals surface area contributed by atoms with Crippen LogP contribution in [0.15, 0.2) is 212 Å². The largest absolute Gasteiger partial charge is 0.0646 e. The Balaban J connectivity index is 0.000000219. The zero-order chi connectivity index (χ0) is 47.9. The average molecular weight is 865 g/mol. The van der Waals surface area contributed by atoms with Crippen LogP contribution >= 0.6 is 0 Å². The van der Waals surface area contributed by atoms with Crippen molar-refractivity contribution in [2.75, 3.05) is 0 Å². The van der Waals surface area contributed by atoms with Gasteiger partial charge in [0.1, 0.15) is 0 Å². The number of benzene rings is 7. The quantitative estimate of drug-likeness (QED) is 0.136. The van der Waals surface area contributed by atoms with E-state index in [1.807, 2.05) is 0 Å². The highest BCUT2D eigenvalue weighted by atomic mass is 14.3. The highest BCUT2D eigenvalue weighted by Crippen LogP contribution is 2.36. The number of rotatable bonds is 9. The van der Waals surface area contributed by atoms with Gasteiger partial charge in [0.25, 0.3) is 0 Å². The van der Waals surface area contributed by atoms with Crippen LogP contribution in [0.25, 0.3) is 0 Å². The van der Waals surface area contributed by atoms with Crippen molar-refractivity contribution in [3.8, 4) is 0 Å². The molecule has 0 heteroatoms. The van der Waals surface area contributed by atoms with Crippen LogP contribution < -0.4 is 0 Å². The van der Waals surface area contributed by atoms with Gasteiger partial charge in [-0.25, -0.2) is 0 Å². The molecule has 7 rings (SSSR count). The maximum Gasteiger partial charge on any atom is 0.00610 e. The molecule has 0 N–H and O–H groups in total. The first kappa shape index (κ1) is 53.9. The van der Waals surface area contributed by atoms with Gasteiger partial charge in [-0.1, -0.05) is 309 Å². The van der Waals surface area contributed by atoms with Crippen LogP contribution in [0.2, 0.25) is 0 Å². The highest BCUT2D eigenvalue weighted by molar-refractivity contribution is 5.31. The van der Waals surface area contributed by atoms with Gasteiger partial charge in [0, 0.05) is 5.92 Å². The van der Waals surface area contributed by atoms with E-state index in [4.69, 9.17) is 0 Å². The Kier molecular flexibility index (Phi) is 22.5. The minimum Gasteiger partial charge on any atom is -0.0646 e. The lowest BCUT2D eigenvalue weighted by atomic mass is 9.78. The predicted molar refractivity (Wildman–Crippen MR) is 288 cm³/mol. The maximum absolute atomic E-state index is 2.36. The van der Waals surface area contributed by atoms with E-state index in [9.17, 15) is 0 Å². The molecule has 0 saturated heterocycles. The maximum atomic E-state index is 2.36. The van der Waals surface area contributed by atoms with E-state index in [0.717, 1.165) is 0 Å². The third-order valence-corrected chi connectivity index (χ3v) is 13.5. The summed E-state index contributed by atoms with van der Waals surface area (Å²) in [6.07, 6.45) is 1.19. The molecule has 3 atom stereocenters. The first-order valence-corrected chi connectivity index (χ1v) is 24.2. The molecule has 7 aromatic carbocycles. The summed E-state index contributed by atoms with van der Waals surface area (Å²) < 4.78 is 0. The monoisotopic (exact) mass is 865 g/mol. The van der Waals surface area contributed by atoms with Crippen molar-refractivity contribution in [2.24, 2.45) is 11.3 Å². The summed E-state index contributed by atoms with van der Waals surface area (Å²) in [6.45, 7) is 31.9. The Bertz CT molecular complexity index is 2130. The van der Waals surface area contributed by atoms with Crippen LogP contribution in [0, 0.1) is 11.3 Å². The van der Waals surface area contributed by atoms with Gasteiger partial charge in [0.2, 0.25) is 0 Å². The fourth-order valence-corrected chi connectivity index (χ4v) is 7.50. The lowest BCUT2D eigenvalue weighted by Gasteiger charge is -2.27. The smallest absolute Gasteiger partial charge is 0.00610 e. The molecule has 0 fully saturated rings. The minimum absolute atomic E-state index is 0.293.